The Hall–Kier alpha value is -2.63. The van der Waals surface area contributed by atoms with Crippen molar-refractivity contribution in [1.82, 2.24) is 0 Å². The smallest absolute Gasteiger partial charge is 0.340 e. The highest BCUT2D eigenvalue weighted by Gasteiger charge is 2.21. The second-order valence-electron chi connectivity index (χ2n) is 4.09. The van der Waals surface area contributed by atoms with Gasteiger partial charge in [0.05, 0.1) is 12.2 Å². The second-order valence-corrected chi connectivity index (χ2v) is 4.09. The van der Waals surface area contributed by atoms with Crippen molar-refractivity contribution in [3.8, 4) is 5.75 Å². The summed E-state index contributed by atoms with van der Waals surface area (Å²) in [5.74, 6) is -3.03. The number of hydrogen-bond donors (Lipinski definition) is 2. The first kappa shape index (κ1) is 15.4. The van der Waals surface area contributed by atoms with Crippen molar-refractivity contribution in [3.63, 3.8) is 0 Å². The summed E-state index contributed by atoms with van der Waals surface area (Å²) in [6.07, 6.45) is 0.0473. The Morgan fingerprint density at radius 3 is 2.35 bits per heavy atom. The van der Waals surface area contributed by atoms with Crippen LogP contribution in [0.25, 0.3) is 0 Å². The fraction of sp³-hybridized carbons (Fsp3) is 0.214. The number of ether oxygens (including phenoxy) is 1. The van der Waals surface area contributed by atoms with Crippen LogP contribution in [0.2, 0.25) is 0 Å². The van der Waals surface area contributed by atoms with Crippen LogP contribution in [-0.4, -0.2) is 34.5 Å². The standard InChI is InChI=1S/C14H14O6/c1-8(2)10(15)6-7-20-11-5-3-4-9(13(16)17)12(11)14(18)19/h3-5H,1,6-7H2,2H3,(H,16,17)(H,18,19). The molecule has 0 radical (unpaired) electrons. The van der Waals surface area contributed by atoms with E-state index >= 15 is 0 Å². The lowest BCUT2D eigenvalue weighted by Gasteiger charge is -2.10. The Labute approximate surface area is 115 Å². The Balaban J connectivity index is 2.93. The molecule has 1 aromatic carbocycles. The maximum Gasteiger partial charge on any atom is 0.340 e. The van der Waals surface area contributed by atoms with Crippen molar-refractivity contribution < 1.29 is 29.3 Å². The van der Waals surface area contributed by atoms with Gasteiger partial charge in [-0.3, -0.25) is 4.79 Å². The van der Waals surface area contributed by atoms with E-state index in [1.807, 2.05) is 0 Å². The van der Waals surface area contributed by atoms with E-state index in [1.165, 1.54) is 18.2 Å². The van der Waals surface area contributed by atoms with Crippen LogP contribution < -0.4 is 4.74 Å². The summed E-state index contributed by atoms with van der Waals surface area (Å²) in [5, 5.41) is 18.0. The van der Waals surface area contributed by atoms with Crippen LogP contribution >= 0.6 is 0 Å². The lowest BCUT2D eigenvalue weighted by Crippen LogP contribution is -2.13. The molecule has 0 atom stereocenters. The molecular formula is C14H14O6. The number of hydrogen-bond acceptors (Lipinski definition) is 4. The number of rotatable bonds is 7. The van der Waals surface area contributed by atoms with Crippen molar-refractivity contribution >= 4 is 17.7 Å². The van der Waals surface area contributed by atoms with E-state index in [0.29, 0.717) is 5.57 Å². The molecule has 0 aliphatic carbocycles. The molecule has 1 rings (SSSR count). The van der Waals surface area contributed by atoms with Gasteiger partial charge in [-0.1, -0.05) is 12.6 Å². The first-order chi connectivity index (χ1) is 9.34. The topological polar surface area (TPSA) is 101 Å². The van der Waals surface area contributed by atoms with Gasteiger partial charge in [0.15, 0.2) is 5.78 Å². The summed E-state index contributed by atoms with van der Waals surface area (Å²) in [6, 6.07) is 3.91. The zero-order valence-electron chi connectivity index (χ0n) is 10.9. The SMILES string of the molecule is C=C(C)C(=O)CCOc1cccc(C(=O)O)c1C(=O)O. The highest BCUT2D eigenvalue weighted by molar-refractivity contribution is 6.03. The summed E-state index contributed by atoms with van der Waals surface area (Å²) in [7, 11) is 0. The van der Waals surface area contributed by atoms with Crippen LogP contribution in [0, 0.1) is 0 Å². The zero-order valence-corrected chi connectivity index (χ0v) is 10.9. The number of carboxylic acids is 2. The Bertz CT molecular complexity index is 573. The minimum absolute atomic E-state index is 0.0466. The highest BCUT2D eigenvalue weighted by Crippen LogP contribution is 2.23. The lowest BCUT2D eigenvalue weighted by atomic mass is 10.1. The fourth-order valence-electron chi connectivity index (χ4n) is 1.52. The predicted molar refractivity (Wildman–Crippen MR) is 70.3 cm³/mol. The zero-order chi connectivity index (χ0) is 15.3. The predicted octanol–water partition coefficient (Wildman–Crippen LogP) is 2.00. The van der Waals surface area contributed by atoms with Crippen molar-refractivity contribution in [3.05, 3.63) is 41.5 Å². The summed E-state index contributed by atoms with van der Waals surface area (Å²) >= 11 is 0. The molecule has 1 aromatic rings. The summed E-state index contributed by atoms with van der Waals surface area (Å²) in [6.45, 7) is 5.01. The molecule has 2 N–H and O–H groups in total. The monoisotopic (exact) mass is 278 g/mol. The first-order valence-corrected chi connectivity index (χ1v) is 5.75. The number of Topliss-reactive ketones (excluding diaryl/α,β-unsaturated/α-hetero) is 1. The van der Waals surface area contributed by atoms with Gasteiger partial charge in [-0.25, -0.2) is 9.59 Å². The van der Waals surface area contributed by atoms with Gasteiger partial charge < -0.3 is 14.9 Å². The van der Waals surface area contributed by atoms with Gasteiger partial charge in [0.25, 0.3) is 0 Å². The van der Waals surface area contributed by atoms with Gasteiger partial charge in [-0.15, -0.1) is 0 Å². The van der Waals surface area contributed by atoms with E-state index < -0.39 is 17.5 Å². The third kappa shape index (κ3) is 3.68. The number of allylic oxidation sites excluding steroid dienone is 1. The molecule has 0 fully saturated rings. The maximum absolute atomic E-state index is 11.3. The van der Waals surface area contributed by atoms with Crippen LogP contribution in [0.4, 0.5) is 0 Å². The third-order valence-corrected chi connectivity index (χ3v) is 2.53. The van der Waals surface area contributed by atoms with E-state index in [1.54, 1.807) is 6.92 Å². The number of aromatic carboxylic acids is 2. The molecule has 0 unspecified atom stereocenters. The minimum Gasteiger partial charge on any atom is -0.492 e. The van der Waals surface area contributed by atoms with E-state index in [-0.39, 0.29) is 30.1 Å². The quantitative estimate of drug-likeness (QED) is 0.740. The average Bonchev–Trinajstić information content (AvgIpc) is 2.37. The summed E-state index contributed by atoms with van der Waals surface area (Å²) in [5.41, 5.74) is -0.407. The summed E-state index contributed by atoms with van der Waals surface area (Å²) < 4.78 is 5.20. The number of benzene rings is 1. The van der Waals surface area contributed by atoms with Gasteiger partial charge in [0, 0.05) is 6.42 Å². The normalized spacial score (nSPS) is 9.85. The molecule has 0 heterocycles. The third-order valence-electron chi connectivity index (χ3n) is 2.53. The number of ketones is 1. The Morgan fingerprint density at radius 1 is 1.20 bits per heavy atom. The van der Waals surface area contributed by atoms with Crippen LogP contribution in [0.1, 0.15) is 34.1 Å². The largest absolute Gasteiger partial charge is 0.492 e. The van der Waals surface area contributed by atoms with Crippen molar-refractivity contribution in [2.24, 2.45) is 0 Å². The molecule has 0 aliphatic heterocycles. The molecule has 0 amide bonds. The molecule has 6 heteroatoms. The van der Waals surface area contributed by atoms with Crippen LogP contribution in [0.5, 0.6) is 5.75 Å². The minimum atomic E-state index is -1.40. The molecule has 106 valence electrons. The molecular weight excluding hydrogens is 264 g/mol. The molecule has 0 spiro atoms. The van der Waals surface area contributed by atoms with E-state index in [0.717, 1.165) is 0 Å². The number of carbonyl (C=O) groups excluding carboxylic acids is 1. The molecule has 0 aliphatic rings. The second kappa shape index (κ2) is 6.51. The van der Waals surface area contributed by atoms with Crippen molar-refractivity contribution in [2.75, 3.05) is 6.61 Å². The van der Waals surface area contributed by atoms with Gasteiger partial charge in [0.1, 0.15) is 11.3 Å². The highest BCUT2D eigenvalue weighted by atomic mass is 16.5. The van der Waals surface area contributed by atoms with Crippen molar-refractivity contribution in [1.29, 1.82) is 0 Å². The molecule has 6 nitrogen and oxygen atoms in total. The van der Waals surface area contributed by atoms with E-state index in [2.05, 4.69) is 6.58 Å². The molecule has 0 saturated heterocycles. The Morgan fingerprint density at radius 2 is 1.85 bits per heavy atom. The van der Waals surface area contributed by atoms with Crippen LogP contribution in [-0.2, 0) is 4.79 Å². The molecule has 0 bridgehead atoms. The van der Waals surface area contributed by atoms with Crippen LogP contribution in [0.3, 0.4) is 0 Å². The summed E-state index contributed by atoms with van der Waals surface area (Å²) in [4.78, 5) is 33.4. The Kier molecular flexibility index (Phi) is 5.02. The molecule has 0 saturated carbocycles. The maximum atomic E-state index is 11.3. The van der Waals surface area contributed by atoms with Gasteiger partial charge in [-0.05, 0) is 24.6 Å². The average molecular weight is 278 g/mol. The number of carboxylic acid groups (broad SMARTS) is 2. The van der Waals surface area contributed by atoms with Gasteiger partial charge in [-0.2, -0.15) is 0 Å². The van der Waals surface area contributed by atoms with Gasteiger partial charge in [0.2, 0.25) is 0 Å². The van der Waals surface area contributed by atoms with E-state index in [4.69, 9.17) is 14.9 Å². The number of carbonyl (C=O) groups is 3. The molecule has 20 heavy (non-hydrogen) atoms. The van der Waals surface area contributed by atoms with Gasteiger partial charge >= 0.3 is 11.9 Å². The molecule has 0 aromatic heterocycles. The van der Waals surface area contributed by atoms with Crippen LogP contribution in [0.15, 0.2) is 30.4 Å². The lowest BCUT2D eigenvalue weighted by molar-refractivity contribution is -0.115. The van der Waals surface area contributed by atoms with E-state index in [9.17, 15) is 14.4 Å². The fourth-order valence-corrected chi connectivity index (χ4v) is 1.52. The van der Waals surface area contributed by atoms with Crippen molar-refractivity contribution in [2.45, 2.75) is 13.3 Å². The first-order valence-electron chi connectivity index (χ1n) is 5.75.